The highest BCUT2D eigenvalue weighted by Gasteiger charge is 2.20. The minimum Gasteiger partial charge on any atom is -0.383 e. The molecule has 2 heterocycles. The molecule has 0 aliphatic heterocycles. The van der Waals surface area contributed by atoms with Crippen LogP contribution in [0, 0.1) is 17.6 Å². The first-order chi connectivity index (χ1) is 9.97. The van der Waals surface area contributed by atoms with Crippen molar-refractivity contribution in [2.75, 3.05) is 5.73 Å². The molecule has 3 rings (SSSR count). The topological polar surface area (TPSA) is 72.5 Å². The van der Waals surface area contributed by atoms with Crippen molar-refractivity contribution in [1.82, 2.24) is 20.0 Å². The van der Waals surface area contributed by atoms with E-state index < -0.39 is 11.6 Å². The van der Waals surface area contributed by atoms with Crippen LogP contribution in [-0.4, -0.2) is 20.0 Å². The summed E-state index contributed by atoms with van der Waals surface area (Å²) in [4.78, 5) is 0. The highest BCUT2D eigenvalue weighted by molar-refractivity contribution is 5.90. The van der Waals surface area contributed by atoms with Crippen molar-refractivity contribution in [2.45, 2.75) is 20.3 Å². The summed E-state index contributed by atoms with van der Waals surface area (Å²) in [6.45, 7) is 4.11. The van der Waals surface area contributed by atoms with Crippen LogP contribution in [0.1, 0.15) is 19.5 Å². The molecule has 0 saturated carbocycles. The van der Waals surface area contributed by atoms with E-state index in [0.29, 0.717) is 29.2 Å². The van der Waals surface area contributed by atoms with Crippen LogP contribution in [0.3, 0.4) is 0 Å². The Morgan fingerprint density at radius 2 is 2.10 bits per heavy atom. The molecule has 0 spiro atoms. The Kier molecular flexibility index (Phi) is 3.12. The molecule has 3 N–H and O–H groups in total. The second-order valence-electron chi connectivity index (χ2n) is 5.39. The molecule has 110 valence electrons. The normalized spacial score (nSPS) is 11.7. The number of hydrogen-bond acceptors (Lipinski definition) is 3. The number of nitrogens with zero attached hydrogens (tertiary/aromatic N) is 3. The van der Waals surface area contributed by atoms with Crippen LogP contribution in [-0.2, 0) is 6.42 Å². The number of aromatic nitrogens is 4. The van der Waals surface area contributed by atoms with Crippen LogP contribution in [0.5, 0.6) is 0 Å². The van der Waals surface area contributed by atoms with Gasteiger partial charge in [-0.2, -0.15) is 10.2 Å². The van der Waals surface area contributed by atoms with Gasteiger partial charge in [0.25, 0.3) is 0 Å². The van der Waals surface area contributed by atoms with E-state index in [9.17, 15) is 8.78 Å². The van der Waals surface area contributed by atoms with Crippen molar-refractivity contribution in [3.63, 3.8) is 0 Å². The molecule has 5 nitrogen and oxygen atoms in total. The Morgan fingerprint density at radius 1 is 1.33 bits per heavy atom. The summed E-state index contributed by atoms with van der Waals surface area (Å²) in [5, 5.41) is 11.8. The van der Waals surface area contributed by atoms with E-state index >= 15 is 0 Å². The summed E-state index contributed by atoms with van der Waals surface area (Å²) in [6.07, 6.45) is 0.691. The molecular formula is C14H15F2N5. The van der Waals surface area contributed by atoms with Gasteiger partial charge in [0.05, 0.1) is 11.1 Å². The van der Waals surface area contributed by atoms with Gasteiger partial charge in [0, 0.05) is 6.07 Å². The van der Waals surface area contributed by atoms with E-state index in [1.807, 2.05) is 0 Å². The first kappa shape index (κ1) is 13.5. The van der Waals surface area contributed by atoms with Gasteiger partial charge < -0.3 is 5.73 Å². The first-order valence-corrected chi connectivity index (χ1v) is 6.64. The van der Waals surface area contributed by atoms with Gasteiger partial charge in [0.15, 0.2) is 11.5 Å². The molecule has 21 heavy (non-hydrogen) atoms. The fourth-order valence-corrected chi connectivity index (χ4v) is 2.35. The average molecular weight is 291 g/mol. The average Bonchev–Trinajstić information content (AvgIpc) is 2.92. The van der Waals surface area contributed by atoms with E-state index in [-0.39, 0.29) is 5.69 Å². The second-order valence-corrected chi connectivity index (χ2v) is 5.39. The molecule has 0 aliphatic rings. The lowest BCUT2D eigenvalue weighted by Gasteiger charge is -2.04. The van der Waals surface area contributed by atoms with Crippen molar-refractivity contribution in [1.29, 1.82) is 0 Å². The number of nitrogens with two attached hydrogens (primary N) is 1. The smallest absolute Gasteiger partial charge is 0.186 e. The number of hydrogen-bond donors (Lipinski definition) is 2. The van der Waals surface area contributed by atoms with E-state index in [1.165, 1.54) is 16.8 Å². The number of nitrogens with one attached hydrogen (secondary N) is 1. The number of H-pyrrole nitrogens is 1. The zero-order valence-electron chi connectivity index (χ0n) is 11.7. The molecule has 0 saturated heterocycles. The number of fused-ring (bicyclic) bond motifs is 1. The largest absolute Gasteiger partial charge is 0.383 e. The van der Waals surface area contributed by atoms with Crippen LogP contribution >= 0.6 is 0 Å². The van der Waals surface area contributed by atoms with Crippen molar-refractivity contribution >= 4 is 16.9 Å². The number of aromatic amines is 1. The third kappa shape index (κ3) is 2.24. The van der Waals surface area contributed by atoms with Gasteiger partial charge in [-0.15, -0.1) is 0 Å². The monoisotopic (exact) mass is 291 g/mol. The highest BCUT2D eigenvalue weighted by Crippen LogP contribution is 2.27. The molecule has 0 fully saturated rings. The van der Waals surface area contributed by atoms with E-state index in [4.69, 9.17) is 5.73 Å². The zero-order chi connectivity index (χ0) is 15.1. The second kappa shape index (κ2) is 4.83. The molecule has 1 aromatic carbocycles. The summed E-state index contributed by atoms with van der Waals surface area (Å²) in [7, 11) is 0. The predicted octanol–water partition coefficient (Wildman–Crippen LogP) is 2.81. The van der Waals surface area contributed by atoms with Gasteiger partial charge in [-0.3, -0.25) is 5.10 Å². The maximum absolute atomic E-state index is 14.0. The van der Waals surface area contributed by atoms with Gasteiger partial charge >= 0.3 is 0 Å². The van der Waals surface area contributed by atoms with Crippen molar-refractivity contribution in [3.8, 4) is 5.69 Å². The fourth-order valence-electron chi connectivity index (χ4n) is 2.35. The van der Waals surface area contributed by atoms with Crippen LogP contribution in [0.4, 0.5) is 14.6 Å². The Balaban J connectivity index is 2.23. The molecule has 0 aliphatic carbocycles. The minimum atomic E-state index is -0.697. The molecule has 7 heteroatoms. The van der Waals surface area contributed by atoms with Crippen LogP contribution in [0.25, 0.3) is 16.7 Å². The lowest BCUT2D eigenvalue weighted by atomic mass is 10.1. The van der Waals surface area contributed by atoms with Crippen molar-refractivity contribution in [3.05, 3.63) is 35.5 Å². The summed E-state index contributed by atoms with van der Waals surface area (Å²) in [5.41, 5.74) is 7.21. The van der Waals surface area contributed by atoms with Gasteiger partial charge in [0.2, 0.25) is 0 Å². The Labute approximate surface area is 119 Å². The summed E-state index contributed by atoms with van der Waals surface area (Å²) in [6, 6.07) is 3.34. The summed E-state index contributed by atoms with van der Waals surface area (Å²) < 4.78 is 28.4. The summed E-state index contributed by atoms with van der Waals surface area (Å²) in [5.74, 6) is -0.570. The van der Waals surface area contributed by atoms with Crippen molar-refractivity contribution in [2.24, 2.45) is 5.92 Å². The van der Waals surface area contributed by atoms with Gasteiger partial charge in [-0.25, -0.2) is 13.5 Å². The molecular weight excluding hydrogens is 276 g/mol. The molecule has 0 amide bonds. The molecule has 3 aromatic rings. The van der Waals surface area contributed by atoms with Crippen LogP contribution in [0.2, 0.25) is 0 Å². The van der Waals surface area contributed by atoms with E-state index in [1.54, 1.807) is 0 Å². The van der Waals surface area contributed by atoms with Gasteiger partial charge in [0.1, 0.15) is 17.3 Å². The number of nitrogen functional groups attached to an aromatic ring is 1. The highest BCUT2D eigenvalue weighted by atomic mass is 19.1. The number of halogens is 2. The number of rotatable bonds is 3. The molecule has 0 unspecified atom stereocenters. The molecule has 0 radical (unpaired) electrons. The maximum atomic E-state index is 14.0. The molecule has 2 aromatic heterocycles. The first-order valence-electron chi connectivity index (χ1n) is 6.64. The quantitative estimate of drug-likeness (QED) is 0.779. The van der Waals surface area contributed by atoms with Crippen LogP contribution in [0.15, 0.2) is 18.2 Å². The predicted molar refractivity (Wildman–Crippen MR) is 76.1 cm³/mol. The Hall–Kier alpha value is -2.44. The molecule has 0 bridgehead atoms. The third-order valence-corrected chi connectivity index (χ3v) is 3.22. The van der Waals surface area contributed by atoms with Gasteiger partial charge in [-0.1, -0.05) is 13.8 Å². The minimum absolute atomic E-state index is 0.142. The maximum Gasteiger partial charge on any atom is 0.186 e. The lowest BCUT2D eigenvalue weighted by molar-refractivity contribution is 0.572. The van der Waals surface area contributed by atoms with E-state index in [0.717, 1.165) is 11.8 Å². The zero-order valence-corrected chi connectivity index (χ0v) is 11.7. The lowest BCUT2D eigenvalue weighted by Crippen LogP contribution is -2.03. The Morgan fingerprint density at radius 3 is 2.76 bits per heavy atom. The number of benzene rings is 1. The fraction of sp³-hybridized carbons (Fsp3) is 0.286. The number of anilines is 1. The third-order valence-electron chi connectivity index (χ3n) is 3.22. The van der Waals surface area contributed by atoms with E-state index in [2.05, 4.69) is 29.1 Å². The van der Waals surface area contributed by atoms with Crippen LogP contribution < -0.4 is 5.73 Å². The SMILES string of the molecule is CC(C)Cc1nn(-c2ccc(F)cc2F)c2n[nH]c(N)c12. The Bertz CT molecular complexity index is 803. The standard InChI is InChI=1S/C14H15F2N5/c1-7(2)5-10-12-13(17)18-19-14(12)21(20-10)11-4-3-8(15)6-9(11)16/h3-4,6-7H,5H2,1-2H3,(H3,17,18,19). The van der Waals surface area contributed by atoms with Gasteiger partial charge in [-0.05, 0) is 24.5 Å². The van der Waals surface area contributed by atoms with Crippen molar-refractivity contribution < 1.29 is 8.78 Å². The molecule has 0 atom stereocenters. The summed E-state index contributed by atoms with van der Waals surface area (Å²) >= 11 is 0.